The number of carbonyl (C=O) groups is 1. The maximum atomic E-state index is 12.0. The second-order valence-electron chi connectivity index (χ2n) is 2.70. The van der Waals surface area contributed by atoms with E-state index in [0.717, 1.165) is 6.42 Å². The van der Waals surface area contributed by atoms with Crippen LogP contribution >= 0.6 is 0 Å². The van der Waals surface area contributed by atoms with Crippen LogP contribution in [0.2, 0.25) is 0 Å². The van der Waals surface area contributed by atoms with Gasteiger partial charge in [0.2, 0.25) is 5.91 Å². The maximum Gasteiger partial charge on any atom is 0.226 e. The molecule has 1 aliphatic rings. The summed E-state index contributed by atoms with van der Waals surface area (Å²) in [4.78, 5) is 10.8. The van der Waals surface area contributed by atoms with Crippen molar-refractivity contribution >= 4 is 5.91 Å². The smallest absolute Gasteiger partial charge is 0.226 e. The second kappa shape index (κ2) is 2.99. The lowest BCUT2D eigenvalue weighted by Crippen LogP contribution is -2.25. The lowest BCUT2D eigenvalue weighted by Gasteiger charge is -2.02. The van der Waals surface area contributed by atoms with E-state index in [4.69, 9.17) is 0 Å². The molecule has 3 heteroatoms. The molecule has 0 saturated carbocycles. The normalized spacial score (nSPS) is 32.4. The Balaban J connectivity index is 2.44. The summed E-state index contributed by atoms with van der Waals surface area (Å²) in [5, 5.41) is 2.73. The molecule has 2 unspecified atom stereocenters. The number of rotatable bonds is 2. The van der Waals surface area contributed by atoms with Crippen molar-refractivity contribution in [3.8, 4) is 0 Å². The van der Waals surface area contributed by atoms with E-state index < -0.39 is 6.67 Å². The minimum absolute atomic E-state index is 0.116. The predicted octanol–water partition coefficient (Wildman–Crippen LogP) is 0.871. The van der Waals surface area contributed by atoms with Gasteiger partial charge in [-0.15, -0.1) is 0 Å². The van der Waals surface area contributed by atoms with Gasteiger partial charge in [-0.05, 0) is 12.8 Å². The summed E-state index contributed by atoms with van der Waals surface area (Å²) in [6, 6.07) is 0.216. The van der Waals surface area contributed by atoms with Crippen LogP contribution in [-0.4, -0.2) is 18.6 Å². The molecular weight excluding hydrogens is 133 g/mol. The molecule has 0 spiro atoms. The average Bonchev–Trinajstić information content (AvgIpc) is 2.30. The summed E-state index contributed by atoms with van der Waals surface area (Å²) >= 11 is 0. The van der Waals surface area contributed by atoms with E-state index >= 15 is 0 Å². The summed E-state index contributed by atoms with van der Waals surface area (Å²) < 4.78 is 12.0. The predicted molar refractivity (Wildman–Crippen MR) is 36.3 cm³/mol. The third kappa shape index (κ3) is 1.28. The topological polar surface area (TPSA) is 29.1 Å². The molecule has 2 atom stereocenters. The van der Waals surface area contributed by atoms with Gasteiger partial charge >= 0.3 is 0 Å². The largest absolute Gasteiger partial charge is 0.353 e. The van der Waals surface area contributed by atoms with Gasteiger partial charge in [0, 0.05) is 6.04 Å². The summed E-state index contributed by atoms with van der Waals surface area (Å²) in [7, 11) is 0. The Hall–Kier alpha value is -0.600. The van der Waals surface area contributed by atoms with E-state index in [-0.39, 0.29) is 17.9 Å². The molecular formula is C7H12FNO. The fourth-order valence-corrected chi connectivity index (χ4v) is 1.23. The van der Waals surface area contributed by atoms with E-state index in [1.807, 2.05) is 6.92 Å². The van der Waals surface area contributed by atoms with Crippen LogP contribution in [0.1, 0.15) is 19.8 Å². The highest BCUT2D eigenvalue weighted by molar-refractivity contribution is 5.81. The van der Waals surface area contributed by atoms with Crippen LogP contribution in [0.25, 0.3) is 0 Å². The Bertz CT molecular complexity index is 138. The number of amides is 1. The molecule has 0 aromatic rings. The van der Waals surface area contributed by atoms with Crippen LogP contribution in [-0.2, 0) is 4.79 Å². The van der Waals surface area contributed by atoms with Crippen molar-refractivity contribution in [2.75, 3.05) is 6.67 Å². The van der Waals surface area contributed by atoms with Gasteiger partial charge in [0.15, 0.2) is 0 Å². The molecule has 0 radical (unpaired) electrons. The molecule has 1 heterocycles. The molecule has 0 aromatic carbocycles. The number of hydrogen-bond acceptors (Lipinski definition) is 1. The summed E-state index contributed by atoms with van der Waals surface area (Å²) in [5.41, 5.74) is 0. The van der Waals surface area contributed by atoms with Crippen LogP contribution in [0.4, 0.5) is 4.39 Å². The summed E-state index contributed by atoms with van der Waals surface area (Å²) in [5.74, 6) is -0.487. The lowest BCUT2D eigenvalue weighted by atomic mass is 10.1. The quantitative estimate of drug-likeness (QED) is 0.613. The molecule has 1 fully saturated rings. The average molecular weight is 145 g/mol. The van der Waals surface area contributed by atoms with Crippen molar-refractivity contribution in [1.82, 2.24) is 5.32 Å². The van der Waals surface area contributed by atoms with E-state index in [1.165, 1.54) is 0 Å². The number of halogens is 1. The zero-order chi connectivity index (χ0) is 7.56. The number of hydrogen-bond donors (Lipinski definition) is 1. The van der Waals surface area contributed by atoms with Gasteiger partial charge in [-0.1, -0.05) is 6.92 Å². The van der Waals surface area contributed by atoms with Gasteiger partial charge in [0.1, 0.15) is 6.67 Å². The van der Waals surface area contributed by atoms with Gasteiger partial charge < -0.3 is 5.32 Å². The number of nitrogens with one attached hydrogen (secondary N) is 1. The maximum absolute atomic E-state index is 12.0. The summed E-state index contributed by atoms with van der Waals surface area (Å²) in [6.45, 7) is 1.48. The van der Waals surface area contributed by atoms with Crippen LogP contribution in [0, 0.1) is 5.92 Å². The van der Waals surface area contributed by atoms with Crippen molar-refractivity contribution in [3.63, 3.8) is 0 Å². The van der Waals surface area contributed by atoms with E-state index in [0.29, 0.717) is 6.42 Å². The molecule has 0 bridgehead atoms. The molecule has 1 N–H and O–H groups in total. The second-order valence-corrected chi connectivity index (χ2v) is 2.70. The first kappa shape index (κ1) is 7.51. The van der Waals surface area contributed by atoms with E-state index in [1.54, 1.807) is 0 Å². The number of alkyl halides is 1. The standard InChI is InChI=1S/C7H12FNO/c1-2-6-3-5(4-8)7(10)9-6/h5-6H,2-4H2,1H3,(H,9,10). The first-order valence-electron chi connectivity index (χ1n) is 3.64. The van der Waals surface area contributed by atoms with Gasteiger partial charge in [-0.25, -0.2) is 0 Å². The molecule has 10 heavy (non-hydrogen) atoms. The van der Waals surface area contributed by atoms with Crippen molar-refractivity contribution in [3.05, 3.63) is 0 Å². The molecule has 0 aromatic heterocycles. The zero-order valence-corrected chi connectivity index (χ0v) is 6.06. The van der Waals surface area contributed by atoms with Crippen molar-refractivity contribution in [2.24, 2.45) is 5.92 Å². The molecule has 1 aliphatic heterocycles. The van der Waals surface area contributed by atoms with Crippen molar-refractivity contribution in [2.45, 2.75) is 25.8 Å². The lowest BCUT2D eigenvalue weighted by molar-refractivity contribution is -0.122. The van der Waals surface area contributed by atoms with Crippen LogP contribution < -0.4 is 5.32 Å². The number of carbonyl (C=O) groups excluding carboxylic acids is 1. The zero-order valence-electron chi connectivity index (χ0n) is 6.06. The fourth-order valence-electron chi connectivity index (χ4n) is 1.23. The Morgan fingerprint density at radius 3 is 2.80 bits per heavy atom. The Morgan fingerprint density at radius 1 is 1.80 bits per heavy atom. The van der Waals surface area contributed by atoms with Gasteiger partial charge in [-0.3, -0.25) is 9.18 Å². The monoisotopic (exact) mass is 145 g/mol. The third-order valence-electron chi connectivity index (χ3n) is 1.97. The van der Waals surface area contributed by atoms with Crippen molar-refractivity contribution < 1.29 is 9.18 Å². The van der Waals surface area contributed by atoms with Crippen LogP contribution in [0.3, 0.4) is 0 Å². The molecule has 1 saturated heterocycles. The van der Waals surface area contributed by atoms with E-state index in [9.17, 15) is 9.18 Å². The molecule has 0 aliphatic carbocycles. The van der Waals surface area contributed by atoms with Crippen LogP contribution in [0.15, 0.2) is 0 Å². The highest BCUT2D eigenvalue weighted by Gasteiger charge is 2.30. The van der Waals surface area contributed by atoms with Crippen LogP contribution in [0.5, 0.6) is 0 Å². The first-order valence-corrected chi connectivity index (χ1v) is 3.64. The minimum atomic E-state index is -0.512. The van der Waals surface area contributed by atoms with Gasteiger partial charge in [0.05, 0.1) is 5.92 Å². The van der Waals surface area contributed by atoms with Gasteiger partial charge in [-0.2, -0.15) is 0 Å². The molecule has 58 valence electrons. The SMILES string of the molecule is CCC1CC(CF)C(=O)N1. The molecule has 1 rings (SSSR count). The Labute approximate surface area is 59.8 Å². The molecule has 2 nitrogen and oxygen atoms in total. The van der Waals surface area contributed by atoms with E-state index in [2.05, 4.69) is 5.32 Å². The summed E-state index contributed by atoms with van der Waals surface area (Å²) in [6.07, 6.45) is 1.58. The first-order chi connectivity index (χ1) is 4.77. The Morgan fingerprint density at radius 2 is 2.50 bits per heavy atom. The van der Waals surface area contributed by atoms with Crippen molar-refractivity contribution in [1.29, 1.82) is 0 Å². The van der Waals surface area contributed by atoms with Gasteiger partial charge in [0.25, 0.3) is 0 Å². The Kier molecular flexibility index (Phi) is 2.25. The highest BCUT2D eigenvalue weighted by atomic mass is 19.1. The highest BCUT2D eigenvalue weighted by Crippen LogP contribution is 2.17. The fraction of sp³-hybridized carbons (Fsp3) is 0.857. The molecule has 1 amide bonds. The minimum Gasteiger partial charge on any atom is -0.353 e. The third-order valence-corrected chi connectivity index (χ3v) is 1.97.